The first-order chi connectivity index (χ1) is 49.6. The van der Waals surface area contributed by atoms with Gasteiger partial charge >= 0.3 is 18.2 Å². The molecule has 0 radical (unpaired) electrons. The van der Waals surface area contributed by atoms with Gasteiger partial charge in [-0.1, -0.05) is 123 Å². The number of ether oxygens (including phenoxy) is 5. The molecule has 0 saturated carbocycles. The van der Waals surface area contributed by atoms with Crippen LogP contribution in [0.3, 0.4) is 0 Å². The van der Waals surface area contributed by atoms with Crippen LogP contribution >= 0.6 is 21.6 Å². The summed E-state index contributed by atoms with van der Waals surface area (Å²) in [6.07, 6.45) is 1.47. The molecular formula is C76H94N8O18S2. The van der Waals surface area contributed by atoms with E-state index in [1.54, 1.807) is 45.9 Å². The average molecular weight is 1470 g/mol. The summed E-state index contributed by atoms with van der Waals surface area (Å²) in [7, 11) is 4.81. The van der Waals surface area contributed by atoms with Crippen molar-refractivity contribution < 1.29 is 86.9 Å². The SMILES string of the molecule is C=C1C[C@H]2C(O)N(C(=O)OCc3ccc(CC(=O)[C@H](CCCNC(N)=O)NC(=O)[C@@H](CC(=O)CCCCCN4C(=O)C=CC4=O)C(C)C)cc3)c3cc(OCCCCCOc4cc5c(cc4OC)C(=O)N4CC(=C)C[C@H]4C(O)N5C(=O)OCc4ccc(SSC(C)(C)C)cc4)c(CO)cc3C(=O)N2C1. The van der Waals surface area contributed by atoms with Gasteiger partial charge < -0.3 is 65.2 Å². The molecule has 4 aromatic rings. The first kappa shape index (κ1) is 78.9. The Hall–Kier alpha value is -9.22. The number of primary amides is 1. The van der Waals surface area contributed by atoms with Crippen LogP contribution < -0.4 is 40.4 Å². The zero-order valence-electron chi connectivity index (χ0n) is 59.7. The number of hydrogen-bond donors (Lipinski definition) is 6. The van der Waals surface area contributed by atoms with Crippen LogP contribution in [0.1, 0.15) is 155 Å². The number of rotatable bonds is 34. The second-order valence-corrected chi connectivity index (χ2v) is 31.0. The summed E-state index contributed by atoms with van der Waals surface area (Å²) in [5.41, 5.74) is 8.85. The van der Waals surface area contributed by atoms with Crippen molar-refractivity contribution in [3.8, 4) is 17.2 Å². The Labute approximate surface area is 613 Å². The zero-order valence-corrected chi connectivity index (χ0v) is 61.3. The van der Waals surface area contributed by atoms with Crippen LogP contribution in [0.5, 0.6) is 17.2 Å². The third-order valence-corrected chi connectivity index (χ3v) is 21.9. The molecule has 0 aromatic heterocycles. The van der Waals surface area contributed by atoms with Gasteiger partial charge in [-0.2, -0.15) is 0 Å². The lowest BCUT2D eigenvalue weighted by atomic mass is 9.88. The number of ketones is 2. The van der Waals surface area contributed by atoms with Crippen molar-refractivity contribution in [1.82, 2.24) is 25.3 Å². The van der Waals surface area contributed by atoms with Gasteiger partial charge in [0.05, 0.1) is 67.6 Å². The Morgan fingerprint density at radius 3 is 1.75 bits per heavy atom. The Morgan fingerprint density at radius 1 is 0.683 bits per heavy atom. The van der Waals surface area contributed by atoms with E-state index >= 15 is 0 Å². The Bertz CT molecular complexity index is 3900. The second kappa shape index (κ2) is 36.0. The van der Waals surface area contributed by atoms with Crippen molar-refractivity contribution in [2.24, 2.45) is 17.6 Å². The van der Waals surface area contributed by atoms with E-state index in [0.717, 1.165) is 30.7 Å². The molecule has 9 amide bonds. The fourth-order valence-corrected chi connectivity index (χ4v) is 15.0. The molecule has 0 bridgehead atoms. The van der Waals surface area contributed by atoms with E-state index in [0.29, 0.717) is 61.6 Å². The largest absolute Gasteiger partial charge is 0.493 e. The van der Waals surface area contributed by atoms with Gasteiger partial charge in [0.15, 0.2) is 29.7 Å². The maximum Gasteiger partial charge on any atom is 0.416 e. The minimum Gasteiger partial charge on any atom is -0.493 e. The minimum absolute atomic E-state index is 0.00656. The molecule has 558 valence electrons. The Morgan fingerprint density at radius 2 is 1.21 bits per heavy atom. The number of anilines is 2. The van der Waals surface area contributed by atoms with E-state index in [1.165, 1.54) is 53.3 Å². The number of carbonyl (C=O) groups is 10. The molecule has 26 nitrogen and oxygen atoms in total. The number of imide groups is 1. The molecule has 5 heterocycles. The van der Waals surface area contributed by atoms with Crippen LogP contribution in [0.25, 0.3) is 0 Å². The second-order valence-electron chi connectivity index (χ2n) is 27.9. The van der Waals surface area contributed by atoms with Crippen molar-refractivity contribution in [3.63, 3.8) is 0 Å². The summed E-state index contributed by atoms with van der Waals surface area (Å²) >= 11 is 0. The summed E-state index contributed by atoms with van der Waals surface area (Å²) in [5, 5.41) is 40.1. The van der Waals surface area contributed by atoms with Crippen LogP contribution in [-0.2, 0) is 59.7 Å². The summed E-state index contributed by atoms with van der Waals surface area (Å²) in [5.74, 6) is -3.07. The fourth-order valence-electron chi connectivity index (χ4n) is 13.0. The highest BCUT2D eigenvalue weighted by molar-refractivity contribution is 8.77. The number of nitrogens with two attached hydrogens (primary N) is 1. The number of aliphatic hydroxyl groups is 3. The van der Waals surface area contributed by atoms with Crippen LogP contribution in [-0.4, -0.2) is 171 Å². The monoisotopic (exact) mass is 1470 g/mol. The van der Waals surface area contributed by atoms with Gasteiger partial charge in [-0.05, 0) is 105 Å². The van der Waals surface area contributed by atoms with Crippen molar-refractivity contribution in [3.05, 3.63) is 143 Å². The highest BCUT2D eigenvalue weighted by Gasteiger charge is 2.48. The number of nitrogens with zero attached hydrogens (tertiary/aromatic N) is 5. The van der Waals surface area contributed by atoms with Gasteiger partial charge in [0.1, 0.15) is 24.7 Å². The molecule has 28 heteroatoms. The molecule has 5 aliphatic rings. The summed E-state index contributed by atoms with van der Waals surface area (Å²) in [6, 6.07) is 16.7. The number of Topliss-reactive ketones (excluding diaryl/α,β-unsaturated/α-hetero) is 2. The van der Waals surface area contributed by atoms with E-state index < -0.39 is 79.0 Å². The quantitative estimate of drug-likeness (QED) is 0.0110. The van der Waals surface area contributed by atoms with Gasteiger partial charge in [0, 0.05) is 90.9 Å². The predicted octanol–water partition coefficient (Wildman–Crippen LogP) is 9.61. The molecule has 9 rings (SSSR count). The maximum absolute atomic E-state index is 14.5. The lowest BCUT2D eigenvalue weighted by Gasteiger charge is -2.31. The predicted molar refractivity (Wildman–Crippen MR) is 391 cm³/mol. The fraction of sp³-hybridized carbons (Fsp3) is 0.474. The van der Waals surface area contributed by atoms with E-state index in [9.17, 15) is 63.3 Å². The zero-order chi connectivity index (χ0) is 75.1. The number of fused-ring (bicyclic) bond motifs is 4. The van der Waals surface area contributed by atoms with Crippen LogP contribution in [0.4, 0.5) is 25.8 Å². The first-order valence-electron chi connectivity index (χ1n) is 35.1. The number of urea groups is 1. The van der Waals surface area contributed by atoms with Gasteiger partial charge in [0.2, 0.25) is 5.91 Å². The third kappa shape index (κ3) is 20.2. The summed E-state index contributed by atoms with van der Waals surface area (Å²) in [6.45, 7) is 18.1. The normalized spacial score (nSPS) is 18.3. The number of unbranched alkanes of at least 4 members (excludes halogenated alkanes) is 4. The number of methoxy groups -OCH3 is 1. The molecule has 6 atom stereocenters. The van der Waals surface area contributed by atoms with E-state index in [-0.39, 0.29) is 170 Å². The molecule has 0 spiro atoms. The van der Waals surface area contributed by atoms with Crippen LogP contribution in [0, 0.1) is 11.8 Å². The molecule has 4 aromatic carbocycles. The highest BCUT2D eigenvalue weighted by Crippen LogP contribution is 2.44. The van der Waals surface area contributed by atoms with Crippen LogP contribution in [0.15, 0.2) is 114 Å². The Balaban J connectivity index is 0.811. The lowest BCUT2D eigenvalue weighted by molar-refractivity contribution is -0.137. The molecule has 2 unspecified atom stereocenters. The maximum atomic E-state index is 14.5. The van der Waals surface area contributed by atoms with Crippen molar-refractivity contribution in [1.29, 1.82) is 0 Å². The number of carbonyl (C=O) groups excluding carboxylic acids is 10. The van der Waals surface area contributed by atoms with E-state index in [2.05, 4.69) is 44.6 Å². The van der Waals surface area contributed by atoms with Gasteiger partial charge in [-0.3, -0.25) is 38.5 Å². The molecule has 2 saturated heterocycles. The molecule has 0 aliphatic carbocycles. The summed E-state index contributed by atoms with van der Waals surface area (Å²) < 4.78 is 30.0. The lowest BCUT2D eigenvalue weighted by Crippen LogP contribution is -2.50. The first-order valence-corrected chi connectivity index (χ1v) is 37.2. The van der Waals surface area contributed by atoms with E-state index in [1.807, 2.05) is 38.1 Å². The number of amides is 9. The smallest absolute Gasteiger partial charge is 0.416 e. The standard InChI is InChI=1S/C76H94N8O18S2/c1-45(2)54(36-52(86)16-11-9-12-29-80-66(88)26-27-67(80)89)68(90)79-57(17-15-28-78-73(77)95)62(87)34-48-18-20-49(21-19-48)43-101-74(96)83-58-38-63(51(42-85)35-55(58)69(91)81-40-46(3)32-60(81)71(83)93)99-30-13-10-14-31-100-65-39-59-56(37-64(65)98-8)70(92)82-41-47(4)33-61(82)72(94)84(59)75(97)102-44-50-22-24-53(25-23-50)103-104-76(5,6)7/h18-27,35,37-39,45,54,57,60-61,71-72,85,93-94H,3-4,9-17,28-34,36,40-44H2,1-2,5-8H3,(H,79,90)(H3,77,78,95)/t54-,57-,60-,61-,71?,72?/m0/s1. The highest BCUT2D eigenvalue weighted by atomic mass is 33.1. The summed E-state index contributed by atoms with van der Waals surface area (Å²) in [4.78, 5) is 141. The number of nitrogens with one attached hydrogen (secondary N) is 2. The van der Waals surface area contributed by atoms with E-state index in [4.69, 9.17) is 29.4 Å². The molecule has 7 N–H and O–H groups in total. The molecular weight excluding hydrogens is 1380 g/mol. The topological polar surface area (TPSA) is 344 Å². The average Bonchev–Trinajstić information content (AvgIpc) is 1.59. The molecule has 104 heavy (non-hydrogen) atoms. The minimum atomic E-state index is -1.61. The van der Waals surface area contributed by atoms with Crippen molar-refractivity contribution in [2.45, 2.75) is 178 Å². The molecule has 2 fully saturated rings. The van der Waals surface area contributed by atoms with Crippen LogP contribution in [0.2, 0.25) is 0 Å². The third-order valence-electron chi connectivity index (χ3n) is 18.6. The number of aliphatic hydroxyl groups excluding tert-OH is 3. The van der Waals surface area contributed by atoms with Gasteiger partial charge in [-0.15, -0.1) is 0 Å². The number of hydrogen-bond acceptors (Lipinski definition) is 20. The van der Waals surface area contributed by atoms with Crippen molar-refractivity contribution in [2.75, 3.05) is 56.3 Å². The Kier molecular flexibility index (Phi) is 27.3. The number of benzene rings is 4. The molecule has 5 aliphatic heterocycles. The van der Waals surface area contributed by atoms with Crippen molar-refractivity contribution >= 4 is 92.3 Å². The van der Waals surface area contributed by atoms with Gasteiger partial charge in [-0.25, -0.2) is 24.2 Å². The van der Waals surface area contributed by atoms with Gasteiger partial charge in [0.25, 0.3) is 23.6 Å².